The van der Waals surface area contributed by atoms with Gasteiger partial charge in [-0.1, -0.05) is 12.1 Å². The predicted octanol–water partition coefficient (Wildman–Crippen LogP) is 2.15. The Bertz CT molecular complexity index is 802. The van der Waals surface area contributed by atoms with Gasteiger partial charge < -0.3 is 15.0 Å². The summed E-state index contributed by atoms with van der Waals surface area (Å²) in [5, 5.41) is 3.42. The molecule has 2 aliphatic heterocycles. The van der Waals surface area contributed by atoms with Gasteiger partial charge in [-0.2, -0.15) is 0 Å². The highest BCUT2D eigenvalue weighted by molar-refractivity contribution is 5.97. The van der Waals surface area contributed by atoms with Crippen LogP contribution in [0.15, 0.2) is 30.5 Å². The summed E-state index contributed by atoms with van der Waals surface area (Å²) in [6.07, 6.45) is 5.00. The number of amides is 1. The van der Waals surface area contributed by atoms with Gasteiger partial charge >= 0.3 is 0 Å². The molecule has 6 nitrogen and oxygen atoms in total. The van der Waals surface area contributed by atoms with E-state index >= 15 is 0 Å². The number of ether oxygens (including phenoxy) is 1. The Morgan fingerprint density at radius 1 is 1.35 bits per heavy atom. The highest BCUT2D eigenvalue weighted by Crippen LogP contribution is 2.25. The summed E-state index contributed by atoms with van der Waals surface area (Å²) < 4.78 is 5.33. The first-order valence-electron chi connectivity index (χ1n) is 9.24. The molecule has 26 heavy (non-hydrogen) atoms. The molecule has 1 N–H and O–H groups in total. The fourth-order valence-electron chi connectivity index (χ4n) is 3.77. The Morgan fingerprint density at radius 3 is 3.04 bits per heavy atom. The van der Waals surface area contributed by atoms with Crippen molar-refractivity contribution in [3.05, 3.63) is 53.1 Å². The van der Waals surface area contributed by atoms with Crippen LogP contribution in [-0.4, -0.2) is 47.5 Å². The molecule has 1 amide bonds. The molecule has 0 radical (unpaired) electrons. The number of hydrogen-bond acceptors (Lipinski definition) is 5. The third-order valence-corrected chi connectivity index (χ3v) is 5.24. The molecule has 4 rings (SSSR count). The number of carbonyl (C=O) groups is 1. The van der Waals surface area contributed by atoms with Crippen LogP contribution in [-0.2, 0) is 13.0 Å². The molecule has 0 spiro atoms. The lowest BCUT2D eigenvalue weighted by Gasteiger charge is -2.29. The molecule has 1 fully saturated rings. The molecule has 0 aliphatic carbocycles. The van der Waals surface area contributed by atoms with Gasteiger partial charge in [-0.05, 0) is 31.5 Å². The maximum Gasteiger partial charge on any atom is 0.257 e. The van der Waals surface area contributed by atoms with Crippen LogP contribution in [0.4, 0.5) is 0 Å². The zero-order valence-electron chi connectivity index (χ0n) is 15.1. The van der Waals surface area contributed by atoms with E-state index in [0.717, 1.165) is 43.0 Å². The third-order valence-electron chi connectivity index (χ3n) is 5.24. The Balaban J connectivity index is 1.52. The molecule has 136 valence electrons. The van der Waals surface area contributed by atoms with Crippen molar-refractivity contribution in [3.8, 4) is 5.75 Å². The highest BCUT2D eigenvalue weighted by atomic mass is 16.5. The van der Waals surface area contributed by atoms with Crippen molar-refractivity contribution < 1.29 is 9.53 Å². The maximum atomic E-state index is 12.9. The van der Waals surface area contributed by atoms with E-state index in [2.05, 4.69) is 10.3 Å². The summed E-state index contributed by atoms with van der Waals surface area (Å²) in [6, 6.07) is 7.36. The lowest BCUT2D eigenvalue weighted by atomic mass is 9.98. The second-order valence-corrected chi connectivity index (χ2v) is 6.92. The number of nitrogens with one attached hydrogen (secondary N) is 1. The minimum absolute atomic E-state index is 0.00587. The van der Waals surface area contributed by atoms with Crippen molar-refractivity contribution in [3.63, 3.8) is 0 Å². The van der Waals surface area contributed by atoms with Crippen LogP contribution in [0.25, 0.3) is 0 Å². The van der Waals surface area contributed by atoms with E-state index in [0.29, 0.717) is 30.3 Å². The molecule has 0 unspecified atom stereocenters. The first-order valence-corrected chi connectivity index (χ1v) is 9.24. The van der Waals surface area contributed by atoms with E-state index in [1.165, 1.54) is 6.42 Å². The predicted molar refractivity (Wildman–Crippen MR) is 98.3 cm³/mol. The number of nitrogens with zero attached hydrogens (tertiary/aromatic N) is 3. The summed E-state index contributed by atoms with van der Waals surface area (Å²) in [5.41, 5.74) is 2.74. The number of hydrogen-bond donors (Lipinski definition) is 1. The molecule has 0 bridgehead atoms. The van der Waals surface area contributed by atoms with E-state index in [1.807, 2.05) is 35.4 Å². The molecule has 1 saturated heterocycles. The summed E-state index contributed by atoms with van der Waals surface area (Å²) in [7, 11) is 1.59. The number of carbonyl (C=O) groups excluding carboxylic acids is 1. The van der Waals surface area contributed by atoms with Crippen LogP contribution < -0.4 is 10.1 Å². The van der Waals surface area contributed by atoms with Crippen LogP contribution in [0, 0.1) is 0 Å². The van der Waals surface area contributed by atoms with Gasteiger partial charge in [-0.15, -0.1) is 0 Å². The Morgan fingerprint density at radius 2 is 2.23 bits per heavy atom. The lowest BCUT2D eigenvalue weighted by Crippen LogP contribution is -2.37. The zero-order chi connectivity index (χ0) is 17.9. The number of rotatable bonds is 3. The van der Waals surface area contributed by atoms with Crippen LogP contribution in [0.1, 0.15) is 46.2 Å². The van der Waals surface area contributed by atoms with Gasteiger partial charge in [0.1, 0.15) is 11.6 Å². The lowest BCUT2D eigenvalue weighted by molar-refractivity contribution is 0.0729. The largest absolute Gasteiger partial charge is 0.496 e. The van der Waals surface area contributed by atoms with Crippen LogP contribution >= 0.6 is 0 Å². The molecule has 1 aromatic carbocycles. The Hall–Kier alpha value is -2.47. The average molecular weight is 352 g/mol. The van der Waals surface area contributed by atoms with Gasteiger partial charge in [0.25, 0.3) is 5.91 Å². The Labute approximate surface area is 153 Å². The number of fused-ring (bicyclic) bond motifs is 1. The summed E-state index contributed by atoms with van der Waals surface area (Å²) in [6.45, 7) is 3.26. The van der Waals surface area contributed by atoms with Gasteiger partial charge in [-0.25, -0.2) is 9.97 Å². The van der Waals surface area contributed by atoms with E-state index in [-0.39, 0.29) is 5.91 Å². The normalized spacial score (nSPS) is 19.7. The number of para-hydroxylation sites is 1. The second-order valence-electron chi connectivity index (χ2n) is 6.92. The molecule has 0 saturated carbocycles. The van der Waals surface area contributed by atoms with Gasteiger partial charge in [0, 0.05) is 43.7 Å². The Kier molecular flexibility index (Phi) is 4.84. The quantitative estimate of drug-likeness (QED) is 0.917. The van der Waals surface area contributed by atoms with Gasteiger partial charge in [0.05, 0.1) is 18.4 Å². The topological polar surface area (TPSA) is 67.3 Å². The van der Waals surface area contributed by atoms with E-state index in [4.69, 9.17) is 9.72 Å². The molecular formula is C20H24N4O2. The molecule has 1 atom stereocenters. The van der Waals surface area contributed by atoms with Crippen molar-refractivity contribution in [1.82, 2.24) is 20.2 Å². The van der Waals surface area contributed by atoms with E-state index in [9.17, 15) is 4.79 Å². The monoisotopic (exact) mass is 352 g/mol. The van der Waals surface area contributed by atoms with Crippen molar-refractivity contribution >= 4 is 5.91 Å². The maximum absolute atomic E-state index is 12.9. The number of methoxy groups -OCH3 is 1. The molecule has 1 aromatic heterocycles. The second kappa shape index (κ2) is 7.41. The fourth-order valence-corrected chi connectivity index (χ4v) is 3.77. The number of piperidine rings is 1. The number of benzene rings is 1. The van der Waals surface area contributed by atoms with Crippen molar-refractivity contribution in [1.29, 1.82) is 0 Å². The average Bonchev–Trinajstić information content (AvgIpc) is 2.73. The molecule has 2 aromatic rings. The summed E-state index contributed by atoms with van der Waals surface area (Å²) >= 11 is 0. The summed E-state index contributed by atoms with van der Waals surface area (Å²) in [5.74, 6) is 1.95. The van der Waals surface area contributed by atoms with Crippen LogP contribution in [0.2, 0.25) is 0 Å². The minimum atomic E-state index is -0.00587. The molecular weight excluding hydrogens is 328 g/mol. The van der Waals surface area contributed by atoms with Crippen molar-refractivity contribution in [2.24, 2.45) is 0 Å². The van der Waals surface area contributed by atoms with Crippen LogP contribution in [0.3, 0.4) is 0 Å². The van der Waals surface area contributed by atoms with E-state index in [1.54, 1.807) is 7.11 Å². The zero-order valence-corrected chi connectivity index (χ0v) is 15.1. The van der Waals surface area contributed by atoms with Crippen LogP contribution in [0.5, 0.6) is 5.75 Å². The first kappa shape index (κ1) is 17.0. The standard InChI is InChI=1S/C20H24N4O2/c1-26-18-7-3-2-6-16(18)20(25)24-10-8-17-15(13-24)12-22-19(23-17)14-5-4-9-21-11-14/h2-3,6-7,12,14,21H,4-5,8-11,13H2,1H3/t14-/m0/s1. The van der Waals surface area contributed by atoms with E-state index < -0.39 is 0 Å². The van der Waals surface area contributed by atoms with Gasteiger partial charge in [-0.3, -0.25) is 4.79 Å². The van der Waals surface area contributed by atoms with Gasteiger partial charge in [0.2, 0.25) is 0 Å². The highest BCUT2D eigenvalue weighted by Gasteiger charge is 2.26. The molecule has 6 heteroatoms. The third kappa shape index (κ3) is 3.29. The number of aromatic nitrogens is 2. The smallest absolute Gasteiger partial charge is 0.257 e. The fraction of sp³-hybridized carbons (Fsp3) is 0.450. The molecule has 3 heterocycles. The van der Waals surface area contributed by atoms with Crippen molar-refractivity contribution in [2.75, 3.05) is 26.7 Å². The summed E-state index contributed by atoms with van der Waals surface area (Å²) in [4.78, 5) is 24.2. The van der Waals surface area contributed by atoms with Gasteiger partial charge in [0.15, 0.2) is 0 Å². The molecule has 2 aliphatic rings. The minimum Gasteiger partial charge on any atom is -0.496 e. The van der Waals surface area contributed by atoms with Crippen molar-refractivity contribution in [2.45, 2.75) is 31.7 Å². The SMILES string of the molecule is COc1ccccc1C(=O)N1CCc2nc([C@H]3CCCNC3)ncc2C1. The first-order chi connectivity index (χ1) is 12.8.